The first-order valence-electron chi connectivity index (χ1n) is 6.51. The highest BCUT2D eigenvalue weighted by atomic mass is 16.5. The van der Waals surface area contributed by atoms with Crippen molar-refractivity contribution in [2.45, 2.75) is 6.92 Å². The average molecular weight is 279 g/mol. The normalized spacial score (nSPS) is 10.5. The number of hydrogen-bond acceptors (Lipinski definition) is 3. The van der Waals surface area contributed by atoms with E-state index in [1.165, 1.54) is 6.07 Å². The van der Waals surface area contributed by atoms with E-state index < -0.39 is 5.97 Å². The van der Waals surface area contributed by atoms with Crippen LogP contribution in [0.4, 0.5) is 0 Å². The van der Waals surface area contributed by atoms with Gasteiger partial charge in [0.2, 0.25) is 0 Å². The van der Waals surface area contributed by atoms with Crippen LogP contribution in [0.5, 0.6) is 11.5 Å². The Kier molecular flexibility index (Phi) is 3.28. The van der Waals surface area contributed by atoms with E-state index in [-0.39, 0.29) is 5.69 Å². The Bertz CT molecular complexity index is 810. The van der Waals surface area contributed by atoms with Crippen molar-refractivity contribution in [3.8, 4) is 11.5 Å². The minimum absolute atomic E-state index is 0.00227. The molecule has 3 rings (SSSR count). The summed E-state index contributed by atoms with van der Waals surface area (Å²) in [6, 6.07) is 16.4. The van der Waals surface area contributed by atoms with Gasteiger partial charge < -0.3 is 9.84 Å². The second-order valence-corrected chi connectivity index (χ2v) is 4.74. The molecular weight excluding hydrogens is 266 g/mol. The van der Waals surface area contributed by atoms with E-state index in [0.29, 0.717) is 17.0 Å². The van der Waals surface area contributed by atoms with Gasteiger partial charge in [0.1, 0.15) is 17.0 Å². The highest BCUT2D eigenvalue weighted by Gasteiger charge is 2.09. The molecule has 4 nitrogen and oxygen atoms in total. The van der Waals surface area contributed by atoms with Crippen molar-refractivity contribution in [1.29, 1.82) is 0 Å². The van der Waals surface area contributed by atoms with Crippen molar-refractivity contribution in [3.05, 3.63) is 65.9 Å². The van der Waals surface area contributed by atoms with Crippen LogP contribution in [0.1, 0.15) is 16.1 Å². The van der Waals surface area contributed by atoms with Gasteiger partial charge in [-0.3, -0.25) is 0 Å². The predicted octanol–water partition coefficient (Wildman–Crippen LogP) is 4.03. The Morgan fingerprint density at radius 1 is 1.05 bits per heavy atom. The summed E-state index contributed by atoms with van der Waals surface area (Å²) in [5, 5.41) is 9.89. The zero-order valence-electron chi connectivity index (χ0n) is 11.4. The number of carbonyl (C=O) groups is 1. The predicted molar refractivity (Wildman–Crippen MR) is 80.0 cm³/mol. The highest BCUT2D eigenvalue weighted by Crippen LogP contribution is 2.28. The lowest BCUT2D eigenvalue weighted by atomic mass is 10.2. The lowest BCUT2D eigenvalue weighted by molar-refractivity contribution is 0.0691. The number of pyridine rings is 1. The summed E-state index contributed by atoms with van der Waals surface area (Å²) >= 11 is 0. The van der Waals surface area contributed by atoms with Crippen LogP contribution in [0.3, 0.4) is 0 Å². The van der Waals surface area contributed by atoms with Crippen molar-refractivity contribution < 1.29 is 14.6 Å². The number of para-hydroxylation sites is 1. The summed E-state index contributed by atoms with van der Waals surface area (Å²) in [7, 11) is 0. The number of fused-ring (bicyclic) bond motifs is 1. The molecule has 0 radical (unpaired) electrons. The number of rotatable bonds is 3. The summed E-state index contributed by atoms with van der Waals surface area (Å²) in [6.07, 6.45) is 0. The number of aromatic carboxylic acids is 1. The van der Waals surface area contributed by atoms with Gasteiger partial charge in [0.25, 0.3) is 0 Å². The third-order valence-corrected chi connectivity index (χ3v) is 3.15. The molecule has 0 aliphatic rings. The summed E-state index contributed by atoms with van der Waals surface area (Å²) < 4.78 is 5.83. The lowest BCUT2D eigenvalue weighted by Crippen LogP contribution is -2.00. The molecule has 0 atom stereocenters. The Morgan fingerprint density at radius 2 is 1.81 bits per heavy atom. The number of aryl methyl sites for hydroxylation is 1. The number of aromatic nitrogens is 1. The Hall–Kier alpha value is -2.88. The van der Waals surface area contributed by atoms with Crippen LogP contribution in [0, 0.1) is 6.92 Å². The first-order chi connectivity index (χ1) is 10.1. The van der Waals surface area contributed by atoms with E-state index in [2.05, 4.69) is 4.98 Å². The molecule has 0 saturated heterocycles. The second-order valence-electron chi connectivity index (χ2n) is 4.74. The molecule has 1 heterocycles. The molecule has 3 aromatic rings. The maximum Gasteiger partial charge on any atom is 0.354 e. The van der Waals surface area contributed by atoms with Crippen LogP contribution >= 0.6 is 0 Å². The molecule has 1 aromatic heterocycles. The average Bonchev–Trinajstić information content (AvgIpc) is 2.49. The third kappa shape index (κ3) is 2.69. The number of carboxylic acid groups (broad SMARTS) is 1. The van der Waals surface area contributed by atoms with Gasteiger partial charge in [-0.1, -0.05) is 35.9 Å². The van der Waals surface area contributed by atoms with E-state index in [9.17, 15) is 4.79 Å². The molecule has 0 saturated carbocycles. The van der Waals surface area contributed by atoms with Crippen LogP contribution in [0.15, 0.2) is 54.6 Å². The standard InChI is InChI=1S/C17H13NO3/c1-11-5-8-13(9-6-11)21-15-4-2-3-12-7-10-14(17(19)20)18-16(12)15/h2-10H,1H3,(H,19,20). The molecule has 4 heteroatoms. The van der Waals surface area contributed by atoms with Crippen molar-refractivity contribution in [1.82, 2.24) is 4.98 Å². The zero-order valence-corrected chi connectivity index (χ0v) is 11.4. The van der Waals surface area contributed by atoms with Crippen LogP contribution in [-0.2, 0) is 0 Å². The van der Waals surface area contributed by atoms with Crippen molar-refractivity contribution in [2.75, 3.05) is 0 Å². The van der Waals surface area contributed by atoms with Gasteiger partial charge in [-0.2, -0.15) is 0 Å². The second kappa shape index (κ2) is 5.25. The first-order valence-corrected chi connectivity index (χ1v) is 6.51. The quantitative estimate of drug-likeness (QED) is 0.786. The van der Waals surface area contributed by atoms with Crippen molar-refractivity contribution in [3.63, 3.8) is 0 Å². The van der Waals surface area contributed by atoms with E-state index in [1.807, 2.05) is 43.3 Å². The Labute approximate surface area is 121 Å². The molecule has 1 N–H and O–H groups in total. The van der Waals surface area contributed by atoms with Gasteiger partial charge in [-0.05, 0) is 31.2 Å². The molecule has 0 unspecified atom stereocenters. The molecule has 104 valence electrons. The van der Waals surface area contributed by atoms with Crippen LogP contribution in [0.2, 0.25) is 0 Å². The van der Waals surface area contributed by atoms with Gasteiger partial charge in [0.15, 0.2) is 5.75 Å². The fraction of sp³-hybridized carbons (Fsp3) is 0.0588. The molecule has 0 aliphatic heterocycles. The van der Waals surface area contributed by atoms with Gasteiger partial charge in [0, 0.05) is 5.39 Å². The Balaban J connectivity index is 2.06. The fourth-order valence-corrected chi connectivity index (χ4v) is 2.05. The fourth-order valence-electron chi connectivity index (χ4n) is 2.05. The minimum atomic E-state index is -1.05. The molecule has 0 spiro atoms. The minimum Gasteiger partial charge on any atom is -0.477 e. The monoisotopic (exact) mass is 279 g/mol. The van der Waals surface area contributed by atoms with E-state index >= 15 is 0 Å². The molecule has 0 fully saturated rings. The first kappa shape index (κ1) is 13.1. The van der Waals surface area contributed by atoms with Crippen LogP contribution in [-0.4, -0.2) is 16.1 Å². The van der Waals surface area contributed by atoms with Crippen molar-refractivity contribution >= 4 is 16.9 Å². The number of nitrogens with zero attached hydrogens (tertiary/aromatic N) is 1. The van der Waals surface area contributed by atoms with E-state index in [4.69, 9.17) is 9.84 Å². The Morgan fingerprint density at radius 3 is 2.52 bits per heavy atom. The summed E-state index contributed by atoms with van der Waals surface area (Å²) in [4.78, 5) is 15.2. The largest absolute Gasteiger partial charge is 0.477 e. The maximum absolute atomic E-state index is 11.0. The smallest absolute Gasteiger partial charge is 0.354 e. The molecule has 21 heavy (non-hydrogen) atoms. The molecule has 0 aliphatic carbocycles. The zero-order chi connectivity index (χ0) is 14.8. The number of carboxylic acids is 1. The lowest BCUT2D eigenvalue weighted by Gasteiger charge is -2.09. The van der Waals surface area contributed by atoms with Crippen LogP contribution < -0.4 is 4.74 Å². The molecule has 0 amide bonds. The van der Waals surface area contributed by atoms with Crippen LogP contribution in [0.25, 0.3) is 10.9 Å². The van der Waals surface area contributed by atoms with Crippen molar-refractivity contribution in [2.24, 2.45) is 0 Å². The summed E-state index contributed by atoms with van der Waals surface area (Å²) in [5.41, 5.74) is 1.69. The highest BCUT2D eigenvalue weighted by molar-refractivity contribution is 5.91. The molecular formula is C17H13NO3. The number of hydrogen-bond donors (Lipinski definition) is 1. The SMILES string of the molecule is Cc1ccc(Oc2cccc3ccc(C(=O)O)nc23)cc1. The van der Waals surface area contributed by atoms with Gasteiger partial charge in [-0.25, -0.2) is 9.78 Å². The van der Waals surface area contributed by atoms with Gasteiger partial charge >= 0.3 is 5.97 Å². The van der Waals surface area contributed by atoms with Gasteiger partial charge in [-0.15, -0.1) is 0 Å². The number of ether oxygens (including phenoxy) is 1. The molecule has 0 bridgehead atoms. The number of benzene rings is 2. The molecule has 2 aromatic carbocycles. The van der Waals surface area contributed by atoms with E-state index in [1.54, 1.807) is 12.1 Å². The summed E-state index contributed by atoms with van der Waals surface area (Å²) in [5.74, 6) is 0.178. The summed E-state index contributed by atoms with van der Waals surface area (Å²) in [6.45, 7) is 2.00. The third-order valence-electron chi connectivity index (χ3n) is 3.15. The van der Waals surface area contributed by atoms with Gasteiger partial charge in [0.05, 0.1) is 0 Å². The van der Waals surface area contributed by atoms with E-state index in [0.717, 1.165) is 10.9 Å². The maximum atomic E-state index is 11.0. The topological polar surface area (TPSA) is 59.4 Å².